The molecule has 0 aliphatic carbocycles. The fraction of sp³-hybridized carbons (Fsp3) is 0.200. The predicted octanol–water partition coefficient (Wildman–Crippen LogP) is 3.11. The highest BCUT2D eigenvalue weighted by molar-refractivity contribution is 9.10. The molecule has 2 aromatic rings. The van der Waals surface area contributed by atoms with E-state index in [4.69, 9.17) is 14.2 Å². The Labute approximate surface area is 175 Å². The van der Waals surface area contributed by atoms with E-state index in [-0.39, 0.29) is 28.3 Å². The topological polar surface area (TPSA) is 106 Å². The quantitative estimate of drug-likeness (QED) is 0.589. The van der Waals surface area contributed by atoms with E-state index in [9.17, 15) is 14.7 Å². The second-order valence-electron chi connectivity index (χ2n) is 6.09. The summed E-state index contributed by atoms with van der Waals surface area (Å²) in [5, 5.41) is 16.0. The van der Waals surface area contributed by atoms with Crippen LogP contribution < -0.4 is 20.1 Å². The number of phenols is 1. The molecule has 1 aliphatic heterocycles. The summed E-state index contributed by atoms with van der Waals surface area (Å²) in [6.07, 6.45) is 0. The molecule has 1 heterocycles. The molecule has 0 saturated heterocycles. The Morgan fingerprint density at radius 2 is 1.79 bits per heavy atom. The van der Waals surface area contributed by atoms with Crippen molar-refractivity contribution in [2.75, 3.05) is 21.3 Å². The average Bonchev–Trinajstić information content (AvgIpc) is 2.74. The van der Waals surface area contributed by atoms with Gasteiger partial charge in [-0.2, -0.15) is 0 Å². The molecule has 0 aromatic heterocycles. The standard InChI is InChI=1S/C20H19BrN2O6/c1-27-12-6-4-10(5-7-12)16-15(19(25)29-3)17(23-20(26)22-16)13-8-11(21)9-14(28-2)18(13)24/h4-9,17,24H,1-3H3,(H2,22,23,26). The summed E-state index contributed by atoms with van der Waals surface area (Å²) in [5.41, 5.74) is 1.25. The SMILES string of the molecule is COC(=O)C1=C(c2ccc(OC)cc2)NC(=O)NC1c1cc(Br)cc(OC)c1O. The molecular formula is C20H19BrN2O6. The maximum absolute atomic E-state index is 12.7. The van der Waals surface area contributed by atoms with Crippen molar-refractivity contribution in [3.05, 3.63) is 57.6 Å². The highest BCUT2D eigenvalue weighted by Gasteiger charge is 2.36. The van der Waals surface area contributed by atoms with Gasteiger partial charge in [-0.1, -0.05) is 15.9 Å². The van der Waals surface area contributed by atoms with Crippen molar-refractivity contribution < 1.29 is 28.9 Å². The van der Waals surface area contributed by atoms with Gasteiger partial charge in [0.25, 0.3) is 0 Å². The Kier molecular flexibility index (Phi) is 5.97. The molecule has 1 unspecified atom stereocenters. The van der Waals surface area contributed by atoms with Gasteiger partial charge in [0.2, 0.25) is 0 Å². The van der Waals surface area contributed by atoms with Crippen molar-refractivity contribution in [3.63, 3.8) is 0 Å². The number of aromatic hydroxyl groups is 1. The Morgan fingerprint density at radius 3 is 2.38 bits per heavy atom. The largest absolute Gasteiger partial charge is 0.504 e. The number of phenolic OH excluding ortho intramolecular Hbond substituents is 1. The van der Waals surface area contributed by atoms with Crippen LogP contribution in [0.4, 0.5) is 4.79 Å². The summed E-state index contributed by atoms with van der Waals surface area (Å²) in [6, 6.07) is 8.50. The van der Waals surface area contributed by atoms with Gasteiger partial charge in [-0.05, 0) is 42.0 Å². The minimum atomic E-state index is -0.972. The monoisotopic (exact) mass is 462 g/mol. The molecule has 152 valence electrons. The van der Waals surface area contributed by atoms with Crippen LogP contribution in [-0.4, -0.2) is 38.4 Å². The average molecular weight is 463 g/mol. The van der Waals surface area contributed by atoms with Crippen LogP contribution in [0.5, 0.6) is 17.2 Å². The third kappa shape index (κ3) is 4.00. The van der Waals surface area contributed by atoms with Gasteiger partial charge in [-0.3, -0.25) is 0 Å². The van der Waals surface area contributed by atoms with Gasteiger partial charge in [0.1, 0.15) is 5.75 Å². The molecule has 3 rings (SSSR count). The van der Waals surface area contributed by atoms with Crippen LogP contribution in [-0.2, 0) is 9.53 Å². The van der Waals surface area contributed by atoms with Crippen LogP contribution in [0.25, 0.3) is 5.70 Å². The first kappa shape index (κ1) is 20.5. The third-order valence-corrected chi connectivity index (χ3v) is 4.91. The highest BCUT2D eigenvalue weighted by atomic mass is 79.9. The summed E-state index contributed by atoms with van der Waals surface area (Å²) >= 11 is 3.35. The van der Waals surface area contributed by atoms with Gasteiger partial charge in [0.15, 0.2) is 11.5 Å². The van der Waals surface area contributed by atoms with E-state index < -0.39 is 18.0 Å². The highest BCUT2D eigenvalue weighted by Crippen LogP contribution is 2.41. The van der Waals surface area contributed by atoms with Crippen LogP contribution in [0, 0.1) is 0 Å². The number of carbonyl (C=O) groups is 2. The number of ether oxygens (including phenoxy) is 3. The van der Waals surface area contributed by atoms with E-state index in [1.54, 1.807) is 43.5 Å². The summed E-state index contributed by atoms with van der Waals surface area (Å²) < 4.78 is 15.9. The van der Waals surface area contributed by atoms with Crippen LogP contribution >= 0.6 is 15.9 Å². The smallest absolute Gasteiger partial charge is 0.338 e. The molecule has 0 saturated carbocycles. The number of amides is 2. The Hall–Kier alpha value is -3.20. The molecule has 3 N–H and O–H groups in total. The molecule has 2 amide bonds. The van der Waals surface area contributed by atoms with Gasteiger partial charge in [-0.25, -0.2) is 9.59 Å². The molecule has 1 atom stereocenters. The fourth-order valence-corrected chi connectivity index (χ4v) is 3.54. The van der Waals surface area contributed by atoms with E-state index in [0.717, 1.165) is 0 Å². The predicted molar refractivity (Wildman–Crippen MR) is 109 cm³/mol. The molecule has 0 bridgehead atoms. The van der Waals surface area contributed by atoms with Crippen molar-refractivity contribution in [2.24, 2.45) is 0 Å². The maximum atomic E-state index is 12.7. The van der Waals surface area contributed by atoms with Crippen molar-refractivity contribution in [3.8, 4) is 17.2 Å². The van der Waals surface area contributed by atoms with E-state index in [1.807, 2.05) is 0 Å². The van der Waals surface area contributed by atoms with Gasteiger partial charge >= 0.3 is 12.0 Å². The number of carbonyl (C=O) groups excluding carboxylic acids is 2. The second kappa shape index (κ2) is 8.44. The first-order chi connectivity index (χ1) is 13.9. The summed E-state index contributed by atoms with van der Waals surface area (Å²) in [6.45, 7) is 0. The van der Waals surface area contributed by atoms with E-state index in [0.29, 0.717) is 15.8 Å². The molecule has 0 fully saturated rings. The molecule has 0 radical (unpaired) electrons. The molecule has 1 aliphatic rings. The molecule has 0 spiro atoms. The first-order valence-electron chi connectivity index (χ1n) is 8.50. The van der Waals surface area contributed by atoms with Crippen molar-refractivity contribution in [1.82, 2.24) is 10.6 Å². The van der Waals surface area contributed by atoms with Crippen LogP contribution in [0.15, 0.2) is 46.4 Å². The second-order valence-corrected chi connectivity index (χ2v) is 7.00. The minimum absolute atomic E-state index is 0.132. The van der Waals surface area contributed by atoms with Gasteiger partial charge in [0.05, 0.1) is 38.6 Å². The zero-order valence-electron chi connectivity index (χ0n) is 15.9. The summed E-state index contributed by atoms with van der Waals surface area (Å²) in [5.74, 6) is -0.0393. The molecule has 9 heteroatoms. The lowest BCUT2D eigenvalue weighted by molar-refractivity contribution is -0.136. The lowest BCUT2D eigenvalue weighted by Gasteiger charge is -2.30. The van der Waals surface area contributed by atoms with E-state index in [2.05, 4.69) is 26.6 Å². The molecule has 8 nitrogen and oxygen atoms in total. The third-order valence-electron chi connectivity index (χ3n) is 4.46. The van der Waals surface area contributed by atoms with Gasteiger partial charge < -0.3 is 30.0 Å². The van der Waals surface area contributed by atoms with Crippen molar-refractivity contribution in [1.29, 1.82) is 0 Å². The molecule has 2 aromatic carbocycles. The molecule has 29 heavy (non-hydrogen) atoms. The number of hydrogen-bond donors (Lipinski definition) is 3. The number of nitrogens with one attached hydrogen (secondary N) is 2. The summed E-state index contributed by atoms with van der Waals surface area (Å²) in [4.78, 5) is 25.1. The van der Waals surface area contributed by atoms with Crippen LogP contribution in [0.3, 0.4) is 0 Å². The lowest BCUT2D eigenvalue weighted by Crippen LogP contribution is -2.45. The number of esters is 1. The van der Waals surface area contributed by atoms with Gasteiger partial charge in [0, 0.05) is 10.0 Å². The Balaban J connectivity index is 2.24. The van der Waals surface area contributed by atoms with Crippen LogP contribution in [0.1, 0.15) is 17.2 Å². The van der Waals surface area contributed by atoms with Crippen LogP contribution in [0.2, 0.25) is 0 Å². The van der Waals surface area contributed by atoms with Crippen molar-refractivity contribution >= 4 is 33.6 Å². The maximum Gasteiger partial charge on any atom is 0.338 e. The Bertz CT molecular complexity index is 987. The summed E-state index contributed by atoms with van der Waals surface area (Å²) in [7, 11) is 4.20. The number of urea groups is 1. The van der Waals surface area contributed by atoms with E-state index >= 15 is 0 Å². The Morgan fingerprint density at radius 1 is 1.10 bits per heavy atom. The number of benzene rings is 2. The number of methoxy groups -OCH3 is 3. The van der Waals surface area contributed by atoms with Crippen molar-refractivity contribution in [2.45, 2.75) is 6.04 Å². The van der Waals surface area contributed by atoms with Gasteiger partial charge in [-0.15, -0.1) is 0 Å². The number of rotatable bonds is 5. The first-order valence-corrected chi connectivity index (χ1v) is 9.29. The lowest BCUT2D eigenvalue weighted by atomic mass is 9.92. The zero-order valence-corrected chi connectivity index (χ0v) is 17.5. The zero-order chi connectivity index (χ0) is 21.1. The number of halogens is 1. The fourth-order valence-electron chi connectivity index (χ4n) is 3.08. The number of hydrogen-bond acceptors (Lipinski definition) is 6. The minimum Gasteiger partial charge on any atom is -0.504 e. The molecular weight excluding hydrogens is 444 g/mol. The van der Waals surface area contributed by atoms with E-state index in [1.165, 1.54) is 14.2 Å². The normalized spacial score (nSPS) is 16.0.